The van der Waals surface area contributed by atoms with Crippen LogP contribution in [-0.2, 0) is 0 Å². The van der Waals surface area contributed by atoms with Gasteiger partial charge in [0, 0.05) is 5.56 Å². The van der Waals surface area contributed by atoms with E-state index in [1.807, 2.05) is 0 Å². The van der Waals surface area contributed by atoms with E-state index >= 15 is 0 Å². The van der Waals surface area contributed by atoms with Gasteiger partial charge < -0.3 is 5.11 Å². The summed E-state index contributed by atoms with van der Waals surface area (Å²) in [5.41, 5.74) is 0.0255. The highest BCUT2D eigenvalue weighted by atomic mass is 19.2. The first-order chi connectivity index (χ1) is 5.66. The largest absolute Gasteiger partial charge is 0.388 e. The van der Waals surface area contributed by atoms with Crippen molar-refractivity contribution in [1.82, 2.24) is 0 Å². The summed E-state index contributed by atoms with van der Waals surface area (Å²) in [5.74, 6) is -1.87. The van der Waals surface area contributed by atoms with Crippen LogP contribution in [0.5, 0.6) is 0 Å². The molecule has 66 valence electrons. The van der Waals surface area contributed by atoms with Gasteiger partial charge in [-0.25, -0.2) is 8.78 Å². The molecule has 0 radical (unpaired) electrons. The Kier molecular flexibility index (Phi) is 2.76. The molecular weight excluding hydrogens is 162 g/mol. The van der Waals surface area contributed by atoms with Crippen LogP contribution in [0.25, 0.3) is 0 Å². The predicted octanol–water partition coefficient (Wildman–Crippen LogP) is 2.41. The molecule has 1 N–H and O–H groups in total. The third kappa shape index (κ3) is 1.61. The van der Waals surface area contributed by atoms with Crippen molar-refractivity contribution in [2.45, 2.75) is 19.4 Å². The van der Waals surface area contributed by atoms with Crippen molar-refractivity contribution in [3.05, 3.63) is 35.4 Å². The molecule has 1 aromatic carbocycles. The van der Waals surface area contributed by atoms with E-state index in [1.165, 1.54) is 12.1 Å². The topological polar surface area (TPSA) is 20.2 Å². The lowest BCUT2D eigenvalue weighted by Gasteiger charge is -2.08. The smallest absolute Gasteiger partial charge is 0.164 e. The van der Waals surface area contributed by atoms with Crippen LogP contribution in [0.2, 0.25) is 0 Å². The predicted molar refractivity (Wildman–Crippen MR) is 41.6 cm³/mol. The van der Waals surface area contributed by atoms with Gasteiger partial charge in [-0.2, -0.15) is 0 Å². The Morgan fingerprint density at radius 1 is 1.42 bits per heavy atom. The van der Waals surface area contributed by atoms with E-state index in [4.69, 9.17) is 0 Å². The Bertz CT molecular complexity index is 273. The van der Waals surface area contributed by atoms with E-state index in [-0.39, 0.29) is 5.56 Å². The highest BCUT2D eigenvalue weighted by Gasteiger charge is 2.13. The minimum atomic E-state index is -0.952. The fraction of sp³-hybridized carbons (Fsp3) is 0.333. The molecule has 0 aliphatic carbocycles. The molecule has 0 aliphatic rings. The zero-order valence-electron chi connectivity index (χ0n) is 6.72. The molecule has 0 saturated heterocycles. The van der Waals surface area contributed by atoms with Crippen molar-refractivity contribution in [1.29, 1.82) is 0 Å². The number of halogens is 2. The van der Waals surface area contributed by atoms with Crippen molar-refractivity contribution in [3.8, 4) is 0 Å². The average molecular weight is 172 g/mol. The number of aliphatic hydroxyl groups excluding tert-OH is 1. The summed E-state index contributed by atoms with van der Waals surface area (Å²) in [6, 6.07) is 3.79. The van der Waals surface area contributed by atoms with Crippen LogP contribution in [-0.4, -0.2) is 5.11 Å². The van der Waals surface area contributed by atoms with E-state index in [0.717, 1.165) is 6.07 Å². The average Bonchev–Trinajstić information content (AvgIpc) is 2.08. The summed E-state index contributed by atoms with van der Waals surface area (Å²) < 4.78 is 25.5. The lowest BCUT2D eigenvalue weighted by atomic mass is 10.1. The van der Waals surface area contributed by atoms with E-state index in [1.54, 1.807) is 6.92 Å². The molecule has 0 spiro atoms. The number of rotatable bonds is 2. The van der Waals surface area contributed by atoms with Crippen molar-refractivity contribution < 1.29 is 13.9 Å². The summed E-state index contributed by atoms with van der Waals surface area (Å²) in [4.78, 5) is 0. The monoisotopic (exact) mass is 172 g/mol. The molecule has 1 atom stereocenters. The fourth-order valence-corrected chi connectivity index (χ4v) is 0.998. The molecule has 0 aliphatic heterocycles. The zero-order valence-corrected chi connectivity index (χ0v) is 6.72. The molecule has 1 nitrogen and oxygen atoms in total. The normalized spacial score (nSPS) is 13.0. The first-order valence-corrected chi connectivity index (χ1v) is 3.78. The maximum absolute atomic E-state index is 12.9. The Balaban J connectivity index is 3.07. The van der Waals surface area contributed by atoms with E-state index in [9.17, 15) is 13.9 Å². The highest BCUT2D eigenvalue weighted by Crippen LogP contribution is 2.20. The number of hydrogen-bond donors (Lipinski definition) is 1. The second-order valence-corrected chi connectivity index (χ2v) is 2.57. The minimum absolute atomic E-state index is 0.0255. The van der Waals surface area contributed by atoms with Crippen LogP contribution in [0.4, 0.5) is 8.78 Å². The third-order valence-corrected chi connectivity index (χ3v) is 1.73. The van der Waals surface area contributed by atoms with Gasteiger partial charge in [-0.05, 0) is 12.5 Å². The molecule has 0 unspecified atom stereocenters. The molecule has 0 fully saturated rings. The Labute approximate surface area is 69.7 Å². The third-order valence-electron chi connectivity index (χ3n) is 1.73. The van der Waals surface area contributed by atoms with Crippen LogP contribution in [0.15, 0.2) is 18.2 Å². The molecule has 0 bridgehead atoms. The van der Waals surface area contributed by atoms with Gasteiger partial charge in [0.15, 0.2) is 11.6 Å². The summed E-state index contributed by atoms with van der Waals surface area (Å²) >= 11 is 0. The Hall–Kier alpha value is -0.960. The maximum atomic E-state index is 12.9. The van der Waals surface area contributed by atoms with Gasteiger partial charge in [-0.3, -0.25) is 0 Å². The van der Waals surface area contributed by atoms with Crippen LogP contribution in [0, 0.1) is 11.6 Å². The van der Waals surface area contributed by atoms with Gasteiger partial charge in [0.2, 0.25) is 0 Å². The van der Waals surface area contributed by atoms with Crippen molar-refractivity contribution in [2.75, 3.05) is 0 Å². The summed E-state index contributed by atoms with van der Waals surface area (Å²) in [7, 11) is 0. The first-order valence-electron chi connectivity index (χ1n) is 3.78. The SMILES string of the molecule is CC[C@H](O)c1cccc(F)c1F. The standard InChI is InChI=1S/C9H10F2O/c1-2-8(12)6-4-3-5-7(10)9(6)11/h3-5,8,12H,2H2,1H3/t8-/m0/s1. The van der Waals surface area contributed by atoms with Crippen molar-refractivity contribution >= 4 is 0 Å². The molecule has 0 aromatic heterocycles. The molecule has 0 saturated carbocycles. The molecule has 0 heterocycles. The second kappa shape index (κ2) is 3.63. The molecule has 1 rings (SSSR count). The maximum Gasteiger partial charge on any atom is 0.164 e. The molecule has 3 heteroatoms. The fourth-order valence-electron chi connectivity index (χ4n) is 0.998. The van der Waals surface area contributed by atoms with Crippen LogP contribution in [0.3, 0.4) is 0 Å². The summed E-state index contributed by atoms with van der Waals surface area (Å²) in [6.45, 7) is 1.70. The van der Waals surface area contributed by atoms with Gasteiger partial charge in [0.1, 0.15) is 0 Å². The van der Waals surface area contributed by atoms with Gasteiger partial charge in [0.05, 0.1) is 6.10 Å². The highest BCUT2D eigenvalue weighted by molar-refractivity contribution is 5.20. The van der Waals surface area contributed by atoms with Gasteiger partial charge in [-0.1, -0.05) is 19.1 Å². The van der Waals surface area contributed by atoms with Gasteiger partial charge in [0.25, 0.3) is 0 Å². The molecular formula is C9H10F2O. The van der Waals surface area contributed by atoms with Gasteiger partial charge in [-0.15, -0.1) is 0 Å². The Morgan fingerprint density at radius 2 is 2.08 bits per heavy atom. The van der Waals surface area contributed by atoms with Crippen LogP contribution < -0.4 is 0 Å². The summed E-state index contributed by atoms with van der Waals surface area (Å²) in [6.07, 6.45) is -0.541. The second-order valence-electron chi connectivity index (χ2n) is 2.57. The number of benzene rings is 1. The molecule has 1 aromatic rings. The zero-order chi connectivity index (χ0) is 9.14. The van der Waals surface area contributed by atoms with Crippen LogP contribution >= 0.6 is 0 Å². The lowest BCUT2D eigenvalue weighted by molar-refractivity contribution is 0.167. The Morgan fingerprint density at radius 3 is 2.67 bits per heavy atom. The van der Waals surface area contributed by atoms with Crippen molar-refractivity contribution in [3.63, 3.8) is 0 Å². The number of aliphatic hydroxyl groups is 1. The van der Waals surface area contributed by atoms with E-state index < -0.39 is 17.7 Å². The molecule has 12 heavy (non-hydrogen) atoms. The van der Waals surface area contributed by atoms with Crippen molar-refractivity contribution in [2.24, 2.45) is 0 Å². The molecule has 0 amide bonds. The van der Waals surface area contributed by atoms with Gasteiger partial charge >= 0.3 is 0 Å². The quantitative estimate of drug-likeness (QED) is 0.726. The number of hydrogen-bond acceptors (Lipinski definition) is 1. The van der Waals surface area contributed by atoms with Crippen LogP contribution in [0.1, 0.15) is 25.0 Å². The first kappa shape index (κ1) is 9.13. The van der Waals surface area contributed by atoms with E-state index in [2.05, 4.69) is 0 Å². The lowest BCUT2D eigenvalue weighted by Crippen LogP contribution is -2.00. The summed E-state index contributed by atoms with van der Waals surface area (Å²) in [5, 5.41) is 9.23. The van der Waals surface area contributed by atoms with E-state index in [0.29, 0.717) is 6.42 Å². The minimum Gasteiger partial charge on any atom is -0.388 e.